The number of ether oxygens (including phenoxy) is 3. The van der Waals surface area contributed by atoms with Crippen molar-refractivity contribution in [3.8, 4) is 0 Å². The first kappa shape index (κ1) is 11.9. The van der Waals surface area contributed by atoms with E-state index < -0.39 is 0 Å². The van der Waals surface area contributed by atoms with E-state index in [4.69, 9.17) is 14.2 Å². The van der Waals surface area contributed by atoms with Crippen LogP contribution < -0.4 is 5.32 Å². The van der Waals surface area contributed by atoms with Crippen molar-refractivity contribution < 1.29 is 14.2 Å². The van der Waals surface area contributed by atoms with Crippen molar-refractivity contribution in [2.24, 2.45) is 0 Å². The lowest BCUT2D eigenvalue weighted by Gasteiger charge is -2.10. The normalized spacial score (nSPS) is 21.6. The lowest BCUT2D eigenvalue weighted by atomic mass is 10.3. The van der Waals surface area contributed by atoms with Crippen molar-refractivity contribution in [1.29, 1.82) is 0 Å². The topological polar surface area (TPSA) is 39.7 Å². The zero-order chi connectivity index (χ0) is 10.1. The molecule has 1 atom stereocenters. The van der Waals surface area contributed by atoms with Gasteiger partial charge in [-0.3, -0.25) is 0 Å². The molecular formula is C10H21NO3. The van der Waals surface area contributed by atoms with Gasteiger partial charge in [-0.15, -0.1) is 0 Å². The number of methoxy groups -OCH3 is 1. The third-order valence-corrected chi connectivity index (χ3v) is 2.23. The van der Waals surface area contributed by atoms with Crippen LogP contribution in [-0.4, -0.2) is 52.7 Å². The van der Waals surface area contributed by atoms with E-state index >= 15 is 0 Å². The minimum atomic E-state index is 0.425. The van der Waals surface area contributed by atoms with Crippen molar-refractivity contribution in [3.05, 3.63) is 0 Å². The average molecular weight is 203 g/mol. The summed E-state index contributed by atoms with van der Waals surface area (Å²) in [5.41, 5.74) is 0. The van der Waals surface area contributed by atoms with Crippen LogP contribution in [0.4, 0.5) is 0 Å². The van der Waals surface area contributed by atoms with Crippen molar-refractivity contribution in [2.75, 3.05) is 46.6 Å². The second-order valence-corrected chi connectivity index (χ2v) is 3.44. The molecule has 4 heteroatoms. The van der Waals surface area contributed by atoms with Gasteiger partial charge in [0.05, 0.1) is 19.3 Å². The van der Waals surface area contributed by atoms with E-state index in [-0.39, 0.29) is 0 Å². The molecule has 1 fully saturated rings. The molecule has 1 rings (SSSR count). The van der Waals surface area contributed by atoms with Crippen LogP contribution in [0.1, 0.15) is 12.8 Å². The molecule has 0 aromatic carbocycles. The van der Waals surface area contributed by atoms with Crippen LogP contribution in [0.3, 0.4) is 0 Å². The summed E-state index contributed by atoms with van der Waals surface area (Å²) in [7, 11) is 1.68. The number of hydrogen-bond donors (Lipinski definition) is 1. The zero-order valence-electron chi connectivity index (χ0n) is 8.96. The Balaban J connectivity index is 1.75. The Kier molecular flexibility index (Phi) is 6.95. The fourth-order valence-electron chi connectivity index (χ4n) is 1.43. The summed E-state index contributed by atoms with van der Waals surface area (Å²) in [5, 5.41) is 3.27. The molecule has 1 heterocycles. The zero-order valence-corrected chi connectivity index (χ0v) is 8.96. The van der Waals surface area contributed by atoms with E-state index in [1.54, 1.807) is 7.11 Å². The van der Waals surface area contributed by atoms with Gasteiger partial charge in [0.1, 0.15) is 0 Å². The van der Waals surface area contributed by atoms with E-state index in [9.17, 15) is 0 Å². The van der Waals surface area contributed by atoms with E-state index in [0.29, 0.717) is 19.3 Å². The quantitative estimate of drug-likeness (QED) is 0.580. The Morgan fingerprint density at radius 3 is 2.86 bits per heavy atom. The van der Waals surface area contributed by atoms with E-state index in [1.807, 2.05) is 0 Å². The van der Waals surface area contributed by atoms with Crippen molar-refractivity contribution in [3.63, 3.8) is 0 Å². The summed E-state index contributed by atoms with van der Waals surface area (Å²) in [6.07, 6.45) is 2.54. The molecule has 0 bridgehead atoms. The Labute approximate surface area is 85.9 Å². The molecule has 0 radical (unpaired) electrons. The molecule has 0 spiro atoms. The second kappa shape index (κ2) is 8.17. The predicted molar refractivity (Wildman–Crippen MR) is 54.5 cm³/mol. The van der Waals surface area contributed by atoms with Crippen LogP contribution in [0.25, 0.3) is 0 Å². The first-order valence-corrected chi connectivity index (χ1v) is 5.32. The Hall–Kier alpha value is -0.160. The molecule has 1 N–H and O–H groups in total. The third-order valence-electron chi connectivity index (χ3n) is 2.23. The van der Waals surface area contributed by atoms with Crippen LogP contribution in [-0.2, 0) is 14.2 Å². The average Bonchev–Trinajstić information content (AvgIpc) is 2.69. The Morgan fingerprint density at radius 2 is 2.14 bits per heavy atom. The van der Waals surface area contributed by atoms with Crippen LogP contribution in [0.5, 0.6) is 0 Å². The van der Waals surface area contributed by atoms with Gasteiger partial charge < -0.3 is 19.5 Å². The van der Waals surface area contributed by atoms with Gasteiger partial charge in [-0.1, -0.05) is 0 Å². The minimum absolute atomic E-state index is 0.425. The monoisotopic (exact) mass is 203 g/mol. The number of nitrogens with one attached hydrogen (secondary N) is 1. The fourth-order valence-corrected chi connectivity index (χ4v) is 1.43. The molecule has 4 nitrogen and oxygen atoms in total. The number of rotatable bonds is 8. The van der Waals surface area contributed by atoms with Crippen LogP contribution in [0.15, 0.2) is 0 Å². The van der Waals surface area contributed by atoms with Gasteiger partial charge >= 0.3 is 0 Å². The van der Waals surface area contributed by atoms with Gasteiger partial charge in [0, 0.05) is 26.9 Å². The standard InChI is InChI=1S/C10H21NO3/c1-12-7-8-13-5-2-6-14-10-3-4-11-9-10/h10-11H,2-9H2,1H3/t10-/m0/s1. The highest BCUT2D eigenvalue weighted by molar-refractivity contribution is 4.70. The Bertz CT molecular complexity index is 127. The van der Waals surface area contributed by atoms with Gasteiger partial charge in [0.15, 0.2) is 0 Å². The van der Waals surface area contributed by atoms with E-state index in [0.717, 1.165) is 39.1 Å². The van der Waals surface area contributed by atoms with Gasteiger partial charge in [-0.25, -0.2) is 0 Å². The summed E-state index contributed by atoms with van der Waals surface area (Å²) in [5.74, 6) is 0. The van der Waals surface area contributed by atoms with Gasteiger partial charge in [0.2, 0.25) is 0 Å². The first-order chi connectivity index (χ1) is 6.93. The summed E-state index contributed by atoms with van der Waals surface area (Å²) < 4.78 is 15.8. The van der Waals surface area contributed by atoms with Crippen molar-refractivity contribution >= 4 is 0 Å². The molecule has 0 aromatic heterocycles. The van der Waals surface area contributed by atoms with Crippen LogP contribution in [0, 0.1) is 0 Å². The third kappa shape index (κ3) is 5.54. The maximum Gasteiger partial charge on any atom is 0.0711 e. The maximum atomic E-state index is 5.64. The lowest BCUT2D eigenvalue weighted by molar-refractivity contribution is 0.0307. The molecule has 0 aromatic rings. The molecule has 0 unspecified atom stereocenters. The predicted octanol–water partition coefficient (Wildman–Crippen LogP) is 0.418. The van der Waals surface area contributed by atoms with Gasteiger partial charge in [-0.05, 0) is 19.4 Å². The highest BCUT2D eigenvalue weighted by Gasteiger charge is 2.13. The van der Waals surface area contributed by atoms with E-state index in [1.165, 1.54) is 0 Å². The lowest BCUT2D eigenvalue weighted by Crippen LogP contribution is -2.18. The highest BCUT2D eigenvalue weighted by atomic mass is 16.5. The van der Waals surface area contributed by atoms with Crippen LogP contribution in [0.2, 0.25) is 0 Å². The molecule has 1 aliphatic rings. The molecule has 0 amide bonds. The molecule has 0 saturated carbocycles. The SMILES string of the molecule is COCCOCCCO[C@H]1CCNC1. The molecule has 1 aliphatic heterocycles. The molecule has 1 saturated heterocycles. The minimum Gasteiger partial charge on any atom is -0.382 e. The molecule has 14 heavy (non-hydrogen) atoms. The van der Waals surface area contributed by atoms with Gasteiger partial charge in [0.25, 0.3) is 0 Å². The van der Waals surface area contributed by atoms with Crippen LogP contribution >= 0.6 is 0 Å². The Morgan fingerprint density at radius 1 is 1.21 bits per heavy atom. The first-order valence-electron chi connectivity index (χ1n) is 5.32. The summed E-state index contributed by atoms with van der Waals surface area (Å²) in [6, 6.07) is 0. The molecule has 0 aliphatic carbocycles. The molecular weight excluding hydrogens is 182 g/mol. The second-order valence-electron chi connectivity index (χ2n) is 3.44. The van der Waals surface area contributed by atoms with Crippen molar-refractivity contribution in [1.82, 2.24) is 5.32 Å². The van der Waals surface area contributed by atoms with Crippen molar-refractivity contribution in [2.45, 2.75) is 18.9 Å². The van der Waals surface area contributed by atoms with E-state index in [2.05, 4.69) is 5.32 Å². The molecule has 84 valence electrons. The highest BCUT2D eigenvalue weighted by Crippen LogP contribution is 2.03. The summed E-state index contributed by atoms with van der Waals surface area (Å²) in [6.45, 7) is 5.03. The van der Waals surface area contributed by atoms with Gasteiger partial charge in [-0.2, -0.15) is 0 Å². The fraction of sp³-hybridized carbons (Fsp3) is 1.00. The smallest absolute Gasteiger partial charge is 0.0711 e. The summed E-state index contributed by atoms with van der Waals surface area (Å²) >= 11 is 0. The largest absolute Gasteiger partial charge is 0.382 e. The number of hydrogen-bond acceptors (Lipinski definition) is 4. The maximum absolute atomic E-state index is 5.64. The summed E-state index contributed by atoms with van der Waals surface area (Å²) in [4.78, 5) is 0.